The van der Waals surface area contributed by atoms with Gasteiger partial charge in [0.25, 0.3) is 5.91 Å². The number of quaternary nitrogens is 2. The van der Waals surface area contributed by atoms with Crippen LogP contribution in [-0.2, 0) is 14.3 Å². The standard InChI is InChI=1S/C22H36N4O3/c1-18(2)14-25-8-13-29-21(16-25)15-24(3)17-22(27)23-19-4-6-20(7-5-19)26-9-11-28-12-10-26/h4-7,18,21H,8-17H2,1-3H3,(H,23,27)/p+2/t21-/m1/s1. The highest BCUT2D eigenvalue weighted by atomic mass is 16.5. The fourth-order valence-electron chi connectivity index (χ4n) is 4.26. The normalized spacial score (nSPS) is 23.8. The molecule has 29 heavy (non-hydrogen) atoms. The van der Waals surface area contributed by atoms with E-state index in [1.807, 2.05) is 12.1 Å². The maximum absolute atomic E-state index is 12.5. The van der Waals surface area contributed by atoms with Crippen molar-refractivity contribution >= 4 is 17.3 Å². The topological polar surface area (TPSA) is 59.7 Å². The predicted molar refractivity (Wildman–Crippen MR) is 115 cm³/mol. The van der Waals surface area contributed by atoms with Crippen LogP contribution in [0.15, 0.2) is 24.3 Å². The number of carbonyl (C=O) groups is 1. The van der Waals surface area contributed by atoms with Gasteiger partial charge in [0.15, 0.2) is 12.6 Å². The van der Waals surface area contributed by atoms with Crippen molar-refractivity contribution in [1.29, 1.82) is 0 Å². The summed E-state index contributed by atoms with van der Waals surface area (Å²) in [6.45, 7) is 13.4. The van der Waals surface area contributed by atoms with Crippen LogP contribution >= 0.6 is 0 Å². The largest absolute Gasteiger partial charge is 0.378 e. The molecule has 0 spiro atoms. The van der Waals surface area contributed by atoms with Gasteiger partial charge in [-0.2, -0.15) is 0 Å². The lowest BCUT2D eigenvalue weighted by Crippen LogP contribution is -3.18. The molecule has 3 atom stereocenters. The third kappa shape index (κ3) is 7.26. The van der Waals surface area contributed by atoms with Crippen molar-refractivity contribution in [1.82, 2.24) is 0 Å². The highest BCUT2D eigenvalue weighted by Crippen LogP contribution is 2.18. The van der Waals surface area contributed by atoms with Crippen molar-refractivity contribution in [3.63, 3.8) is 0 Å². The first kappa shape index (κ1) is 22.0. The summed E-state index contributed by atoms with van der Waals surface area (Å²) in [4.78, 5) is 17.6. The van der Waals surface area contributed by atoms with Crippen LogP contribution in [-0.4, -0.2) is 84.7 Å². The average Bonchev–Trinajstić information content (AvgIpc) is 2.69. The Morgan fingerprint density at radius 2 is 1.97 bits per heavy atom. The molecule has 3 N–H and O–H groups in total. The Kier molecular flexibility index (Phi) is 8.29. The number of morpholine rings is 2. The van der Waals surface area contributed by atoms with Gasteiger partial charge in [-0.25, -0.2) is 0 Å². The van der Waals surface area contributed by atoms with Crippen LogP contribution in [0.1, 0.15) is 13.8 Å². The molecule has 1 amide bonds. The van der Waals surface area contributed by atoms with E-state index in [1.54, 1.807) is 4.90 Å². The van der Waals surface area contributed by atoms with E-state index in [2.05, 4.69) is 43.2 Å². The Balaban J connectivity index is 1.41. The second kappa shape index (κ2) is 10.9. The third-order valence-electron chi connectivity index (χ3n) is 5.59. The van der Waals surface area contributed by atoms with Gasteiger partial charge in [-0.05, 0) is 24.3 Å². The number of amides is 1. The molecule has 2 aliphatic heterocycles. The minimum atomic E-state index is 0.0452. The molecule has 2 saturated heterocycles. The molecule has 1 aromatic carbocycles. The summed E-state index contributed by atoms with van der Waals surface area (Å²) in [5.74, 6) is 0.748. The molecule has 0 saturated carbocycles. The fourth-order valence-corrected chi connectivity index (χ4v) is 4.26. The van der Waals surface area contributed by atoms with Gasteiger partial charge >= 0.3 is 0 Å². The smallest absolute Gasteiger partial charge is 0.279 e. The number of nitrogens with zero attached hydrogens (tertiary/aromatic N) is 1. The van der Waals surface area contributed by atoms with Crippen molar-refractivity contribution in [2.45, 2.75) is 20.0 Å². The number of ether oxygens (including phenoxy) is 2. The average molecular weight is 407 g/mol. The molecular weight excluding hydrogens is 368 g/mol. The number of nitrogens with one attached hydrogen (secondary N) is 3. The van der Waals surface area contributed by atoms with Gasteiger partial charge in [0.1, 0.15) is 19.6 Å². The summed E-state index contributed by atoms with van der Waals surface area (Å²) in [6, 6.07) is 8.10. The first-order chi connectivity index (χ1) is 14.0. The summed E-state index contributed by atoms with van der Waals surface area (Å²) >= 11 is 0. The Bertz CT molecular complexity index is 631. The van der Waals surface area contributed by atoms with Crippen LogP contribution in [0.5, 0.6) is 0 Å². The Morgan fingerprint density at radius 3 is 2.66 bits per heavy atom. The minimum Gasteiger partial charge on any atom is -0.378 e. The van der Waals surface area contributed by atoms with Crippen molar-refractivity contribution in [2.24, 2.45) is 5.92 Å². The van der Waals surface area contributed by atoms with Crippen molar-refractivity contribution in [3.8, 4) is 0 Å². The molecule has 2 aliphatic rings. The summed E-state index contributed by atoms with van der Waals surface area (Å²) in [6.07, 6.45) is 0.234. The third-order valence-corrected chi connectivity index (χ3v) is 5.59. The molecular formula is C22H38N4O3+2. The van der Waals surface area contributed by atoms with Gasteiger partial charge in [-0.15, -0.1) is 0 Å². The number of likely N-dealkylation sites (N-methyl/N-ethyl adjacent to an activating group) is 1. The van der Waals surface area contributed by atoms with E-state index >= 15 is 0 Å². The first-order valence-electron chi connectivity index (χ1n) is 11.0. The van der Waals surface area contributed by atoms with Crippen LogP contribution in [0.2, 0.25) is 0 Å². The molecule has 0 bridgehead atoms. The van der Waals surface area contributed by atoms with Crippen molar-refractivity contribution in [3.05, 3.63) is 24.3 Å². The zero-order valence-electron chi connectivity index (χ0n) is 18.2. The molecule has 0 radical (unpaired) electrons. The highest BCUT2D eigenvalue weighted by molar-refractivity contribution is 5.91. The van der Waals surface area contributed by atoms with E-state index < -0.39 is 0 Å². The van der Waals surface area contributed by atoms with Gasteiger partial charge < -0.3 is 29.5 Å². The Morgan fingerprint density at radius 1 is 1.24 bits per heavy atom. The van der Waals surface area contributed by atoms with Gasteiger partial charge in [0, 0.05) is 30.4 Å². The minimum absolute atomic E-state index is 0.0452. The molecule has 2 fully saturated rings. The molecule has 0 aliphatic carbocycles. The lowest BCUT2D eigenvalue weighted by atomic mass is 10.1. The molecule has 7 nitrogen and oxygen atoms in total. The van der Waals surface area contributed by atoms with Crippen LogP contribution in [0, 0.1) is 5.92 Å². The molecule has 3 rings (SSSR count). The number of carbonyl (C=O) groups excluding carboxylic acids is 1. The second-order valence-corrected chi connectivity index (χ2v) is 8.83. The van der Waals surface area contributed by atoms with Crippen LogP contribution < -0.4 is 20.0 Å². The number of benzene rings is 1. The zero-order chi connectivity index (χ0) is 20.6. The van der Waals surface area contributed by atoms with Crippen LogP contribution in [0.25, 0.3) is 0 Å². The maximum Gasteiger partial charge on any atom is 0.279 e. The summed E-state index contributed by atoms with van der Waals surface area (Å²) in [7, 11) is 2.07. The number of rotatable bonds is 8. The molecule has 2 unspecified atom stereocenters. The number of anilines is 2. The summed E-state index contributed by atoms with van der Waals surface area (Å²) < 4.78 is 11.3. The fraction of sp³-hybridized carbons (Fsp3) is 0.682. The first-order valence-corrected chi connectivity index (χ1v) is 11.0. The number of hydrogen-bond acceptors (Lipinski definition) is 4. The Hall–Kier alpha value is -1.67. The van der Waals surface area contributed by atoms with E-state index in [4.69, 9.17) is 9.47 Å². The lowest BCUT2D eigenvalue weighted by Gasteiger charge is -2.31. The van der Waals surface area contributed by atoms with E-state index in [0.717, 1.165) is 58.2 Å². The lowest BCUT2D eigenvalue weighted by molar-refractivity contribution is -0.926. The molecule has 1 aromatic rings. The SMILES string of the molecule is CC(C)C[NH+]1CCO[C@H](C[NH+](C)CC(=O)Nc2ccc(N3CCOCC3)cc2)C1. The summed E-state index contributed by atoms with van der Waals surface area (Å²) in [5.41, 5.74) is 2.03. The monoisotopic (exact) mass is 406 g/mol. The molecule has 162 valence electrons. The van der Waals surface area contributed by atoms with Crippen molar-refractivity contribution < 1.29 is 24.1 Å². The van der Waals surface area contributed by atoms with Crippen LogP contribution in [0.4, 0.5) is 11.4 Å². The highest BCUT2D eigenvalue weighted by Gasteiger charge is 2.27. The maximum atomic E-state index is 12.5. The van der Waals surface area contributed by atoms with E-state index in [0.29, 0.717) is 12.5 Å². The quantitative estimate of drug-likeness (QED) is 0.514. The van der Waals surface area contributed by atoms with E-state index in [-0.39, 0.29) is 12.0 Å². The molecule has 2 heterocycles. The molecule has 7 heteroatoms. The molecule has 0 aromatic heterocycles. The van der Waals surface area contributed by atoms with Gasteiger partial charge in [0.2, 0.25) is 0 Å². The van der Waals surface area contributed by atoms with Crippen LogP contribution in [0.3, 0.4) is 0 Å². The zero-order valence-corrected chi connectivity index (χ0v) is 18.2. The van der Waals surface area contributed by atoms with E-state index in [9.17, 15) is 4.79 Å². The predicted octanol–water partition coefficient (Wildman–Crippen LogP) is -1.08. The Labute approximate surface area is 174 Å². The second-order valence-electron chi connectivity index (χ2n) is 8.83. The van der Waals surface area contributed by atoms with Gasteiger partial charge in [-0.3, -0.25) is 4.79 Å². The van der Waals surface area contributed by atoms with E-state index in [1.165, 1.54) is 17.1 Å². The van der Waals surface area contributed by atoms with Gasteiger partial charge in [-0.1, -0.05) is 13.8 Å². The van der Waals surface area contributed by atoms with Gasteiger partial charge in [0.05, 0.1) is 33.4 Å². The van der Waals surface area contributed by atoms with Crippen molar-refractivity contribution in [2.75, 3.05) is 82.9 Å². The summed E-state index contributed by atoms with van der Waals surface area (Å²) in [5, 5.41) is 3.03. The number of hydrogen-bond donors (Lipinski definition) is 3.